The van der Waals surface area contributed by atoms with Gasteiger partial charge in [-0.2, -0.15) is 0 Å². The molecule has 7 heteroatoms. The Balaban J connectivity index is 1.28. The Labute approximate surface area is 194 Å². The average molecular weight is 456 g/mol. The molecule has 0 N–H and O–H groups in total. The number of amides is 1. The number of benzene rings is 2. The molecule has 2 heterocycles. The standard InChI is InChI=1S/C25H30ClN3O3/c1-18-16-27(17-21-15-22(26)5-8-24(21)32-18)10-9-25(31)29-13-11-28(12-14-29)23-6-3-20(4-7-23)19(2)30/h3-8,15,18H,9-14,16-17H2,1-2H3/t18-/m1/s1. The summed E-state index contributed by atoms with van der Waals surface area (Å²) in [5.74, 6) is 1.15. The van der Waals surface area contributed by atoms with E-state index < -0.39 is 0 Å². The molecule has 1 saturated heterocycles. The summed E-state index contributed by atoms with van der Waals surface area (Å²) < 4.78 is 6.02. The second-order valence-corrected chi connectivity index (χ2v) is 9.07. The van der Waals surface area contributed by atoms with Crippen LogP contribution in [0.25, 0.3) is 0 Å². The molecule has 4 rings (SSSR count). The molecule has 0 aromatic heterocycles. The molecular formula is C25H30ClN3O3. The van der Waals surface area contributed by atoms with Crippen LogP contribution in [-0.2, 0) is 11.3 Å². The number of ketones is 1. The van der Waals surface area contributed by atoms with Gasteiger partial charge in [0.15, 0.2) is 5.78 Å². The second kappa shape index (κ2) is 9.92. The summed E-state index contributed by atoms with van der Waals surface area (Å²) >= 11 is 6.17. The van der Waals surface area contributed by atoms with Crippen molar-refractivity contribution in [2.45, 2.75) is 32.9 Å². The first-order valence-electron chi connectivity index (χ1n) is 11.2. The SMILES string of the molecule is CC(=O)c1ccc(N2CCN(C(=O)CCN3Cc4cc(Cl)ccc4O[C@H](C)C3)CC2)cc1. The lowest BCUT2D eigenvalue weighted by atomic mass is 10.1. The molecule has 2 aliphatic heterocycles. The molecule has 1 fully saturated rings. The van der Waals surface area contributed by atoms with Crippen LogP contribution in [0.2, 0.25) is 5.02 Å². The number of hydrogen-bond donors (Lipinski definition) is 0. The van der Waals surface area contributed by atoms with E-state index >= 15 is 0 Å². The summed E-state index contributed by atoms with van der Waals surface area (Å²) in [5, 5.41) is 0.701. The molecule has 0 radical (unpaired) electrons. The van der Waals surface area contributed by atoms with E-state index in [0.717, 1.165) is 48.7 Å². The number of piperazine rings is 1. The lowest BCUT2D eigenvalue weighted by molar-refractivity contribution is -0.131. The molecule has 170 valence electrons. The van der Waals surface area contributed by atoms with Gasteiger partial charge in [-0.05, 0) is 56.3 Å². The van der Waals surface area contributed by atoms with Crippen LogP contribution in [0.15, 0.2) is 42.5 Å². The molecule has 2 aromatic carbocycles. The van der Waals surface area contributed by atoms with Gasteiger partial charge in [-0.1, -0.05) is 11.6 Å². The van der Waals surface area contributed by atoms with Crippen LogP contribution in [0.1, 0.15) is 36.2 Å². The predicted molar refractivity (Wildman–Crippen MR) is 127 cm³/mol. The molecular weight excluding hydrogens is 426 g/mol. The minimum Gasteiger partial charge on any atom is -0.489 e. The molecule has 2 aromatic rings. The van der Waals surface area contributed by atoms with Crippen LogP contribution in [0.3, 0.4) is 0 Å². The van der Waals surface area contributed by atoms with E-state index in [1.807, 2.05) is 47.4 Å². The molecule has 0 saturated carbocycles. The van der Waals surface area contributed by atoms with Crippen LogP contribution >= 0.6 is 11.6 Å². The lowest BCUT2D eigenvalue weighted by Gasteiger charge is -2.36. The highest BCUT2D eigenvalue weighted by Gasteiger charge is 2.24. The lowest BCUT2D eigenvalue weighted by Crippen LogP contribution is -2.49. The Kier molecular flexibility index (Phi) is 7.01. The fraction of sp³-hybridized carbons (Fsp3) is 0.440. The van der Waals surface area contributed by atoms with Crippen LogP contribution in [0.5, 0.6) is 5.75 Å². The van der Waals surface area contributed by atoms with Gasteiger partial charge in [-0.25, -0.2) is 0 Å². The minimum absolute atomic E-state index is 0.0606. The predicted octanol–water partition coefficient (Wildman–Crippen LogP) is 3.86. The maximum Gasteiger partial charge on any atom is 0.223 e. The van der Waals surface area contributed by atoms with Gasteiger partial charge in [-0.15, -0.1) is 0 Å². The number of fused-ring (bicyclic) bond motifs is 1. The second-order valence-electron chi connectivity index (χ2n) is 8.64. The van der Waals surface area contributed by atoms with E-state index in [9.17, 15) is 9.59 Å². The van der Waals surface area contributed by atoms with Gasteiger partial charge in [0.05, 0.1) is 0 Å². The first-order valence-corrected chi connectivity index (χ1v) is 11.6. The van der Waals surface area contributed by atoms with Crippen molar-refractivity contribution >= 4 is 29.0 Å². The molecule has 1 amide bonds. The first kappa shape index (κ1) is 22.6. The Morgan fingerprint density at radius 3 is 2.47 bits per heavy atom. The maximum atomic E-state index is 12.9. The Morgan fingerprint density at radius 1 is 1.06 bits per heavy atom. The van der Waals surface area contributed by atoms with E-state index in [1.165, 1.54) is 0 Å². The summed E-state index contributed by atoms with van der Waals surface area (Å²) in [5.41, 5.74) is 2.89. The topological polar surface area (TPSA) is 53.1 Å². The summed E-state index contributed by atoms with van der Waals surface area (Å²) in [6, 6.07) is 13.4. The first-order chi connectivity index (χ1) is 15.4. The van der Waals surface area contributed by atoms with E-state index in [2.05, 4.69) is 16.7 Å². The Bertz CT molecular complexity index is 971. The van der Waals surface area contributed by atoms with Gasteiger partial charge < -0.3 is 14.5 Å². The number of nitrogens with zero attached hydrogens (tertiary/aromatic N) is 3. The number of carbonyl (C=O) groups excluding carboxylic acids is 2. The molecule has 32 heavy (non-hydrogen) atoms. The Morgan fingerprint density at radius 2 is 1.78 bits per heavy atom. The third-order valence-electron chi connectivity index (χ3n) is 6.17. The van der Waals surface area contributed by atoms with E-state index in [4.69, 9.17) is 16.3 Å². The molecule has 0 unspecified atom stereocenters. The van der Waals surface area contributed by atoms with E-state index in [0.29, 0.717) is 31.1 Å². The number of ether oxygens (including phenoxy) is 1. The van der Waals surface area contributed by atoms with Crippen LogP contribution < -0.4 is 9.64 Å². The summed E-state index contributed by atoms with van der Waals surface area (Å²) in [6.45, 7) is 8.87. The van der Waals surface area contributed by atoms with Crippen molar-refractivity contribution in [2.75, 3.05) is 44.2 Å². The fourth-order valence-electron chi connectivity index (χ4n) is 4.41. The van der Waals surface area contributed by atoms with Gasteiger partial charge >= 0.3 is 0 Å². The number of hydrogen-bond acceptors (Lipinski definition) is 5. The van der Waals surface area contributed by atoms with Crippen molar-refractivity contribution in [3.05, 3.63) is 58.6 Å². The smallest absolute Gasteiger partial charge is 0.223 e. The third-order valence-corrected chi connectivity index (χ3v) is 6.41. The zero-order valence-corrected chi connectivity index (χ0v) is 19.5. The average Bonchev–Trinajstić information content (AvgIpc) is 2.94. The highest BCUT2D eigenvalue weighted by atomic mass is 35.5. The fourth-order valence-corrected chi connectivity index (χ4v) is 4.61. The molecule has 6 nitrogen and oxygen atoms in total. The quantitative estimate of drug-likeness (QED) is 0.641. The van der Waals surface area contributed by atoms with Gasteiger partial charge in [-0.3, -0.25) is 14.5 Å². The van der Waals surface area contributed by atoms with Crippen molar-refractivity contribution in [2.24, 2.45) is 0 Å². The van der Waals surface area contributed by atoms with Crippen molar-refractivity contribution in [1.82, 2.24) is 9.80 Å². The summed E-state index contributed by atoms with van der Waals surface area (Å²) in [6.07, 6.45) is 0.557. The third kappa shape index (κ3) is 5.43. The van der Waals surface area contributed by atoms with Crippen LogP contribution in [0.4, 0.5) is 5.69 Å². The van der Waals surface area contributed by atoms with Gasteiger partial charge in [0.2, 0.25) is 5.91 Å². The van der Waals surface area contributed by atoms with Crippen LogP contribution in [-0.4, -0.2) is 66.9 Å². The van der Waals surface area contributed by atoms with Crippen LogP contribution in [0, 0.1) is 0 Å². The van der Waals surface area contributed by atoms with Gasteiger partial charge in [0.1, 0.15) is 11.9 Å². The molecule has 1 atom stereocenters. The number of anilines is 1. The molecule has 2 aliphatic rings. The van der Waals surface area contributed by atoms with Gasteiger partial charge in [0, 0.05) is 74.1 Å². The summed E-state index contributed by atoms with van der Waals surface area (Å²) in [7, 11) is 0. The van der Waals surface area contributed by atoms with E-state index in [1.54, 1.807) is 6.92 Å². The van der Waals surface area contributed by atoms with Gasteiger partial charge in [0.25, 0.3) is 0 Å². The molecule has 0 aliphatic carbocycles. The zero-order chi connectivity index (χ0) is 22.7. The Hall–Kier alpha value is -2.57. The largest absolute Gasteiger partial charge is 0.489 e. The highest BCUT2D eigenvalue weighted by molar-refractivity contribution is 6.30. The van der Waals surface area contributed by atoms with Crippen molar-refractivity contribution in [1.29, 1.82) is 0 Å². The number of carbonyl (C=O) groups is 2. The number of rotatable bonds is 5. The maximum absolute atomic E-state index is 12.9. The number of Topliss-reactive ketones (excluding diaryl/α,β-unsaturated/α-hetero) is 1. The summed E-state index contributed by atoms with van der Waals surface area (Å²) in [4.78, 5) is 30.8. The van der Waals surface area contributed by atoms with E-state index in [-0.39, 0.29) is 17.8 Å². The zero-order valence-electron chi connectivity index (χ0n) is 18.7. The van der Waals surface area contributed by atoms with Crippen molar-refractivity contribution in [3.8, 4) is 5.75 Å². The van der Waals surface area contributed by atoms with Crippen molar-refractivity contribution in [3.63, 3.8) is 0 Å². The number of halogens is 1. The molecule has 0 bridgehead atoms. The minimum atomic E-state index is 0.0606. The normalized spacial score (nSPS) is 19.2. The monoisotopic (exact) mass is 455 g/mol. The highest BCUT2D eigenvalue weighted by Crippen LogP contribution is 2.28. The molecule has 0 spiro atoms. The van der Waals surface area contributed by atoms with Crippen molar-refractivity contribution < 1.29 is 14.3 Å².